The Morgan fingerprint density at radius 2 is 1.75 bits per heavy atom. The van der Waals surface area contributed by atoms with Crippen LogP contribution < -0.4 is 10.1 Å². The van der Waals surface area contributed by atoms with Crippen molar-refractivity contribution in [3.05, 3.63) is 54.1 Å². The Morgan fingerprint density at radius 3 is 2.50 bits per heavy atom. The van der Waals surface area contributed by atoms with Gasteiger partial charge in [0.05, 0.1) is 6.61 Å². The van der Waals surface area contributed by atoms with Gasteiger partial charge in [0.2, 0.25) is 0 Å². The summed E-state index contributed by atoms with van der Waals surface area (Å²) in [6.45, 7) is 4.54. The molecule has 0 aliphatic heterocycles. The highest BCUT2D eigenvalue weighted by molar-refractivity contribution is 7.37. The van der Waals surface area contributed by atoms with E-state index in [-0.39, 0.29) is 0 Å². The molecular weight excluding hydrogens is 369 g/mol. The first kappa shape index (κ1) is 22.7. The largest absolute Gasteiger partial charge is 0.494 e. The summed E-state index contributed by atoms with van der Waals surface area (Å²) in [6.07, 6.45) is 7.35. The Kier molecular flexibility index (Phi) is 11.0. The van der Waals surface area contributed by atoms with Gasteiger partial charge in [0, 0.05) is 12.7 Å². The molecule has 2 rings (SSSR count). The summed E-state index contributed by atoms with van der Waals surface area (Å²) in [4.78, 5) is 8.83. The predicted molar refractivity (Wildman–Crippen MR) is 119 cm³/mol. The Hall–Kier alpha value is -1.61. The van der Waals surface area contributed by atoms with E-state index in [1.807, 2.05) is 12.1 Å². The molecule has 154 valence electrons. The van der Waals surface area contributed by atoms with Crippen LogP contribution in [0, 0.1) is 0 Å². The molecule has 4 nitrogen and oxygen atoms in total. The number of hydrogen-bond donors (Lipinski definition) is 2. The highest BCUT2D eigenvalue weighted by Gasteiger charge is 2.02. The lowest BCUT2D eigenvalue weighted by atomic mass is 10.0. The van der Waals surface area contributed by atoms with Crippen LogP contribution in [0.15, 0.2) is 48.5 Å². The fourth-order valence-corrected chi connectivity index (χ4v) is 3.55. The van der Waals surface area contributed by atoms with Crippen LogP contribution in [0.1, 0.15) is 51.0 Å². The summed E-state index contributed by atoms with van der Waals surface area (Å²) in [5.74, 6) is 0.932. The van der Waals surface area contributed by atoms with Gasteiger partial charge in [-0.15, -0.1) is 0 Å². The molecule has 0 bridgehead atoms. The first-order valence-corrected chi connectivity index (χ1v) is 12.0. The molecule has 0 aliphatic rings. The van der Waals surface area contributed by atoms with Crippen molar-refractivity contribution in [3.63, 3.8) is 0 Å². The molecule has 0 spiro atoms. The van der Waals surface area contributed by atoms with Gasteiger partial charge in [-0.25, -0.2) is 0 Å². The maximum absolute atomic E-state index is 10.7. The lowest BCUT2D eigenvalue weighted by Gasteiger charge is -2.09. The molecule has 0 amide bonds. The summed E-state index contributed by atoms with van der Waals surface area (Å²) in [5, 5.41) is 3.31. The highest BCUT2D eigenvalue weighted by Crippen LogP contribution is 2.24. The second-order valence-electron chi connectivity index (χ2n) is 7.16. The van der Waals surface area contributed by atoms with E-state index in [0.29, 0.717) is 6.16 Å². The van der Waals surface area contributed by atoms with Crippen LogP contribution in [0.5, 0.6) is 5.75 Å². The quantitative estimate of drug-likeness (QED) is 0.316. The molecule has 1 unspecified atom stereocenters. The van der Waals surface area contributed by atoms with E-state index < -0.39 is 8.03 Å². The van der Waals surface area contributed by atoms with Gasteiger partial charge in [-0.1, -0.05) is 69.0 Å². The van der Waals surface area contributed by atoms with Crippen LogP contribution in [-0.2, 0) is 11.1 Å². The lowest BCUT2D eigenvalue weighted by Crippen LogP contribution is -2.15. The second kappa shape index (κ2) is 13.5. The first-order valence-electron chi connectivity index (χ1n) is 10.4. The molecule has 5 heteroatoms. The number of nitrogens with one attached hydrogen (secondary N) is 1. The van der Waals surface area contributed by atoms with Crippen molar-refractivity contribution in [2.45, 2.75) is 52.0 Å². The van der Waals surface area contributed by atoms with Crippen LogP contribution in [0.2, 0.25) is 0 Å². The monoisotopic (exact) mass is 403 g/mol. The SMILES string of the molecule is CCCCCCCOc1cccc(-c2ccc(CNCCC[PH](=O)O)cc2)c1. The third-order valence-electron chi connectivity index (χ3n) is 4.71. The zero-order chi connectivity index (χ0) is 20.0. The third-order valence-corrected chi connectivity index (χ3v) is 5.49. The first-order chi connectivity index (χ1) is 13.7. The zero-order valence-corrected chi connectivity index (χ0v) is 18.0. The van der Waals surface area contributed by atoms with Crippen LogP contribution >= 0.6 is 8.03 Å². The molecule has 0 heterocycles. The van der Waals surface area contributed by atoms with E-state index in [4.69, 9.17) is 9.63 Å². The topological polar surface area (TPSA) is 58.6 Å². The molecule has 0 fully saturated rings. The molecule has 0 saturated heterocycles. The minimum absolute atomic E-state index is 0.397. The van der Waals surface area contributed by atoms with Crippen molar-refractivity contribution < 1.29 is 14.2 Å². The smallest absolute Gasteiger partial charge is 0.189 e. The van der Waals surface area contributed by atoms with Gasteiger partial charge in [0.25, 0.3) is 0 Å². The Morgan fingerprint density at radius 1 is 0.964 bits per heavy atom. The second-order valence-corrected chi connectivity index (χ2v) is 8.45. The molecule has 28 heavy (non-hydrogen) atoms. The summed E-state index contributed by atoms with van der Waals surface area (Å²) in [7, 11) is -2.33. The fraction of sp³-hybridized carbons (Fsp3) is 0.478. The summed E-state index contributed by atoms with van der Waals surface area (Å²) in [6, 6.07) is 16.8. The van der Waals surface area contributed by atoms with Crippen molar-refractivity contribution in [1.29, 1.82) is 0 Å². The molecule has 0 aliphatic carbocycles. The van der Waals surface area contributed by atoms with Crippen LogP contribution in [0.3, 0.4) is 0 Å². The third kappa shape index (κ3) is 9.05. The van der Waals surface area contributed by atoms with Crippen molar-refractivity contribution in [2.24, 2.45) is 0 Å². The van der Waals surface area contributed by atoms with Crippen molar-refractivity contribution in [2.75, 3.05) is 19.3 Å². The van der Waals surface area contributed by atoms with Gasteiger partial charge >= 0.3 is 0 Å². The van der Waals surface area contributed by atoms with Gasteiger partial charge in [0.15, 0.2) is 8.03 Å². The zero-order valence-electron chi connectivity index (χ0n) is 17.0. The number of unbranched alkanes of at least 4 members (excludes halogenated alkanes) is 4. The van der Waals surface area contributed by atoms with Crippen LogP contribution in [0.25, 0.3) is 11.1 Å². The van der Waals surface area contributed by atoms with E-state index in [0.717, 1.165) is 43.9 Å². The Balaban J connectivity index is 1.78. The van der Waals surface area contributed by atoms with Crippen molar-refractivity contribution in [1.82, 2.24) is 5.32 Å². The summed E-state index contributed by atoms with van der Waals surface area (Å²) < 4.78 is 16.6. The normalized spacial score (nSPS) is 12.1. The van der Waals surface area contributed by atoms with E-state index in [9.17, 15) is 4.57 Å². The highest BCUT2D eigenvalue weighted by atomic mass is 31.1. The van der Waals surface area contributed by atoms with E-state index in [1.54, 1.807) is 0 Å². The van der Waals surface area contributed by atoms with Crippen molar-refractivity contribution in [3.8, 4) is 16.9 Å². The van der Waals surface area contributed by atoms with Gasteiger partial charge in [-0.05, 0) is 48.2 Å². The van der Waals surface area contributed by atoms with Gasteiger partial charge in [-0.3, -0.25) is 4.57 Å². The summed E-state index contributed by atoms with van der Waals surface area (Å²) in [5.41, 5.74) is 3.55. The number of ether oxygens (including phenoxy) is 1. The van der Waals surface area contributed by atoms with Gasteiger partial charge in [-0.2, -0.15) is 0 Å². The Labute approximate surface area is 170 Å². The minimum Gasteiger partial charge on any atom is -0.494 e. The predicted octanol–water partition coefficient (Wildman–Crippen LogP) is 5.65. The maximum Gasteiger partial charge on any atom is 0.189 e. The van der Waals surface area contributed by atoms with Crippen LogP contribution in [-0.4, -0.2) is 24.2 Å². The number of rotatable bonds is 14. The lowest BCUT2D eigenvalue weighted by molar-refractivity contribution is 0.304. The fourth-order valence-electron chi connectivity index (χ4n) is 3.07. The van der Waals surface area contributed by atoms with E-state index in [2.05, 4.69) is 48.6 Å². The van der Waals surface area contributed by atoms with Crippen LogP contribution in [0.4, 0.5) is 0 Å². The standard InChI is InChI=1S/C23H34NO3P/c1-2-3-4-5-6-16-27-23-10-7-9-22(18-23)21-13-11-20(12-14-21)19-24-15-8-17-28(25)26/h7,9-14,18,24,28H,2-6,8,15-17,19H2,1H3,(H,25,26). The van der Waals surface area contributed by atoms with E-state index in [1.165, 1.54) is 36.8 Å². The van der Waals surface area contributed by atoms with Gasteiger partial charge in [0.1, 0.15) is 5.75 Å². The summed E-state index contributed by atoms with van der Waals surface area (Å²) >= 11 is 0. The maximum atomic E-state index is 10.7. The minimum atomic E-state index is -2.33. The molecular formula is C23H34NO3P. The van der Waals surface area contributed by atoms with Gasteiger partial charge < -0.3 is 14.9 Å². The van der Waals surface area contributed by atoms with E-state index >= 15 is 0 Å². The molecule has 0 saturated carbocycles. The number of benzene rings is 2. The van der Waals surface area contributed by atoms with Crippen molar-refractivity contribution >= 4 is 8.03 Å². The Bertz CT molecular complexity index is 703. The molecule has 0 radical (unpaired) electrons. The molecule has 2 aromatic carbocycles. The number of hydrogen-bond acceptors (Lipinski definition) is 3. The molecule has 1 atom stereocenters. The molecule has 2 aromatic rings. The molecule has 2 N–H and O–H groups in total. The molecule has 0 aromatic heterocycles. The average Bonchev–Trinajstić information content (AvgIpc) is 2.71. The average molecular weight is 404 g/mol.